The number of fused-ring (bicyclic) bond motifs is 1. The minimum absolute atomic E-state index is 0. The second-order valence-corrected chi connectivity index (χ2v) is 6.34. The molecule has 0 saturated carbocycles. The number of nitro groups is 1. The number of nitrogens with one attached hydrogen (secondary N) is 1. The molecule has 0 unspecified atom stereocenters. The van der Waals surface area contributed by atoms with Crippen LogP contribution in [0.5, 0.6) is 11.5 Å². The summed E-state index contributed by atoms with van der Waals surface area (Å²) in [6, 6.07) is 1.75. The van der Waals surface area contributed by atoms with Gasteiger partial charge in [-0.3, -0.25) is 10.1 Å². The van der Waals surface area contributed by atoms with E-state index in [-0.39, 0.29) is 37.1 Å². The summed E-state index contributed by atoms with van der Waals surface area (Å²) in [5.41, 5.74) is 4.01. The molecule has 3 N–H and O–H groups in total. The van der Waals surface area contributed by atoms with E-state index < -0.39 is 44.5 Å². The third kappa shape index (κ3) is 4.41. The highest BCUT2D eigenvalue weighted by Gasteiger charge is 2.34. The van der Waals surface area contributed by atoms with Crippen molar-refractivity contribution in [1.82, 2.24) is 4.72 Å². The maximum Gasteiger partial charge on any atom is 0.293 e. The van der Waals surface area contributed by atoms with E-state index in [2.05, 4.69) is 0 Å². The molecule has 2 rings (SSSR count). The lowest BCUT2D eigenvalue weighted by Gasteiger charge is -2.19. The molecule has 24 heavy (non-hydrogen) atoms. The van der Waals surface area contributed by atoms with Crippen LogP contribution >= 0.6 is 12.4 Å². The number of ether oxygens (including phenoxy) is 2. The highest BCUT2D eigenvalue weighted by molar-refractivity contribution is 7.89. The quantitative estimate of drug-likeness (QED) is 0.539. The summed E-state index contributed by atoms with van der Waals surface area (Å²) in [5, 5.41) is 11.1. The third-order valence-corrected chi connectivity index (χ3v) is 4.36. The summed E-state index contributed by atoms with van der Waals surface area (Å²) in [4.78, 5) is 9.32. The zero-order valence-electron chi connectivity index (χ0n) is 12.0. The highest BCUT2D eigenvalue weighted by atomic mass is 35.5. The fourth-order valence-electron chi connectivity index (χ4n) is 1.77. The van der Waals surface area contributed by atoms with Crippen molar-refractivity contribution in [3.8, 4) is 11.5 Å². The highest BCUT2D eigenvalue weighted by Crippen LogP contribution is 2.38. The van der Waals surface area contributed by atoms with E-state index in [1.807, 2.05) is 0 Å². The molecule has 1 aliphatic heterocycles. The lowest BCUT2D eigenvalue weighted by Crippen LogP contribution is -2.41. The van der Waals surface area contributed by atoms with Gasteiger partial charge in [0.2, 0.25) is 10.0 Å². The molecule has 1 aliphatic rings. The fraction of sp³-hybridized carbons (Fsp3) is 0.455. The van der Waals surface area contributed by atoms with Gasteiger partial charge >= 0.3 is 0 Å². The SMILES string of the molecule is Cl.NCC(F)(F)CNS(=O)(=O)c1cc2c(cc1[N+](=O)[O-])OCCO2. The molecule has 0 bridgehead atoms. The van der Waals surface area contributed by atoms with Crippen LogP contribution in [0.1, 0.15) is 0 Å². The van der Waals surface area contributed by atoms with E-state index in [4.69, 9.17) is 15.2 Å². The molecule has 1 aromatic carbocycles. The van der Waals surface area contributed by atoms with Crippen LogP contribution in [0.25, 0.3) is 0 Å². The lowest BCUT2D eigenvalue weighted by atomic mass is 10.2. The van der Waals surface area contributed by atoms with Crippen molar-refractivity contribution in [3.63, 3.8) is 0 Å². The molecule has 0 atom stereocenters. The van der Waals surface area contributed by atoms with Gasteiger partial charge in [-0.15, -0.1) is 12.4 Å². The van der Waals surface area contributed by atoms with Crippen LogP contribution in [0.3, 0.4) is 0 Å². The van der Waals surface area contributed by atoms with Gasteiger partial charge in [0.05, 0.1) is 24.1 Å². The Hall–Kier alpha value is -1.76. The molecular formula is C11H14ClF2N3O6S. The Balaban J connectivity index is 0.00000288. The number of alkyl halides is 2. The molecule has 9 nitrogen and oxygen atoms in total. The van der Waals surface area contributed by atoms with Gasteiger partial charge in [-0.2, -0.15) is 0 Å². The summed E-state index contributed by atoms with van der Waals surface area (Å²) in [6.07, 6.45) is 0. The molecule has 0 aliphatic carbocycles. The van der Waals surface area contributed by atoms with Gasteiger partial charge in [0.15, 0.2) is 16.4 Å². The minimum Gasteiger partial charge on any atom is -0.486 e. The first-order valence-electron chi connectivity index (χ1n) is 6.32. The monoisotopic (exact) mass is 389 g/mol. The van der Waals surface area contributed by atoms with Crippen molar-refractivity contribution in [2.45, 2.75) is 10.8 Å². The Morgan fingerprint density at radius 3 is 2.33 bits per heavy atom. The standard InChI is InChI=1S/C11H13F2N3O6S.ClH/c12-11(13,5-14)6-15-23(19,20)10-4-9-8(21-1-2-22-9)3-7(10)16(17)18;/h3-4,15H,1-2,5-6,14H2;1H. The molecule has 0 aromatic heterocycles. The largest absolute Gasteiger partial charge is 0.486 e. The van der Waals surface area contributed by atoms with Crippen molar-refractivity contribution >= 4 is 28.1 Å². The van der Waals surface area contributed by atoms with E-state index in [1.165, 1.54) is 0 Å². The van der Waals surface area contributed by atoms with Crippen LogP contribution < -0.4 is 19.9 Å². The van der Waals surface area contributed by atoms with E-state index >= 15 is 0 Å². The predicted molar refractivity (Wildman–Crippen MR) is 80.5 cm³/mol. The first-order valence-corrected chi connectivity index (χ1v) is 7.80. The second kappa shape index (κ2) is 7.42. The van der Waals surface area contributed by atoms with Crippen molar-refractivity contribution in [2.24, 2.45) is 5.73 Å². The normalized spacial score (nSPS) is 14.0. The molecule has 0 saturated heterocycles. The van der Waals surface area contributed by atoms with E-state index in [1.54, 1.807) is 4.72 Å². The Kier molecular flexibility index (Phi) is 6.27. The van der Waals surface area contributed by atoms with Gasteiger partial charge in [-0.05, 0) is 0 Å². The predicted octanol–water partition coefficient (Wildman–Crippen LogP) is 0.660. The fourth-order valence-corrected chi connectivity index (χ4v) is 3.00. The van der Waals surface area contributed by atoms with Crippen LogP contribution in [0.2, 0.25) is 0 Å². The number of rotatable bonds is 6. The Bertz CT molecular complexity index is 731. The van der Waals surface area contributed by atoms with Crippen LogP contribution in [0, 0.1) is 10.1 Å². The first-order chi connectivity index (χ1) is 10.7. The summed E-state index contributed by atoms with van der Waals surface area (Å²) in [7, 11) is -4.58. The maximum atomic E-state index is 13.1. The molecule has 0 amide bonds. The average molecular weight is 390 g/mol. The van der Waals surface area contributed by atoms with Crippen molar-refractivity contribution < 1.29 is 31.6 Å². The van der Waals surface area contributed by atoms with E-state index in [0.717, 1.165) is 12.1 Å². The van der Waals surface area contributed by atoms with Crippen molar-refractivity contribution in [3.05, 3.63) is 22.2 Å². The number of sulfonamides is 1. The zero-order valence-corrected chi connectivity index (χ0v) is 13.7. The Labute approximate surface area is 141 Å². The Morgan fingerprint density at radius 1 is 1.29 bits per heavy atom. The number of hydrogen-bond donors (Lipinski definition) is 2. The maximum absolute atomic E-state index is 13.1. The number of nitro benzene ring substituents is 1. The number of benzene rings is 1. The number of nitrogens with zero attached hydrogens (tertiary/aromatic N) is 1. The van der Waals surface area contributed by atoms with Crippen molar-refractivity contribution in [2.75, 3.05) is 26.3 Å². The molecule has 13 heteroatoms. The van der Waals surface area contributed by atoms with Gasteiger partial charge in [-0.25, -0.2) is 21.9 Å². The van der Waals surface area contributed by atoms with Crippen LogP contribution in [0.4, 0.5) is 14.5 Å². The number of nitrogens with two attached hydrogens (primary N) is 1. The second-order valence-electron chi connectivity index (χ2n) is 4.61. The minimum atomic E-state index is -4.58. The summed E-state index contributed by atoms with van der Waals surface area (Å²) in [6.45, 7) is -2.07. The molecule has 0 fully saturated rings. The molecule has 1 aromatic rings. The van der Waals surface area contributed by atoms with Gasteiger partial charge in [0, 0.05) is 6.07 Å². The van der Waals surface area contributed by atoms with E-state index in [0.29, 0.717) is 0 Å². The number of hydrogen-bond acceptors (Lipinski definition) is 7. The number of halogens is 3. The lowest BCUT2D eigenvalue weighted by molar-refractivity contribution is -0.388. The van der Waals surface area contributed by atoms with Crippen LogP contribution in [-0.4, -0.2) is 45.6 Å². The van der Waals surface area contributed by atoms with Crippen LogP contribution in [0.15, 0.2) is 17.0 Å². The zero-order chi connectivity index (χ0) is 17.3. The van der Waals surface area contributed by atoms with E-state index in [9.17, 15) is 27.3 Å². The average Bonchev–Trinajstić information content (AvgIpc) is 2.52. The third-order valence-electron chi connectivity index (χ3n) is 2.93. The summed E-state index contributed by atoms with van der Waals surface area (Å²) >= 11 is 0. The van der Waals surface area contributed by atoms with Gasteiger partial charge in [0.25, 0.3) is 11.6 Å². The van der Waals surface area contributed by atoms with Gasteiger partial charge in [0.1, 0.15) is 13.2 Å². The first kappa shape index (κ1) is 20.3. The smallest absolute Gasteiger partial charge is 0.293 e. The molecule has 0 spiro atoms. The van der Waals surface area contributed by atoms with Crippen LogP contribution in [-0.2, 0) is 10.0 Å². The molecular weight excluding hydrogens is 376 g/mol. The molecule has 0 radical (unpaired) electrons. The Morgan fingerprint density at radius 2 is 1.83 bits per heavy atom. The molecule has 136 valence electrons. The van der Waals surface area contributed by atoms with Gasteiger partial charge < -0.3 is 15.2 Å². The van der Waals surface area contributed by atoms with Gasteiger partial charge in [-0.1, -0.05) is 0 Å². The topological polar surface area (TPSA) is 134 Å². The summed E-state index contributed by atoms with van der Waals surface area (Å²) < 4.78 is 62.3. The van der Waals surface area contributed by atoms with Crippen molar-refractivity contribution in [1.29, 1.82) is 0 Å². The molecule has 1 heterocycles. The summed E-state index contributed by atoms with van der Waals surface area (Å²) in [5.74, 6) is -3.49.